The Kier molecular flexibility index (Phi) is 7.83. The average molecular weight is 645 g/mol. The van der Waals surface area contributed by atoms with Crippen molar-refractivity contribution >= 4 is 8.32 Å². The normalized spacial score (nSPS) is 26.5. The minimum Gasteiger partial charge on any atom is -0.410 e. The van der Waals surface area contributed by atoms with E-state index < -0.39 is 31.8 Å². The zero-order valence-corrected chi connectivity index (χ0v) is 28.3. The number of pyridine rings is 2. The predicted octanol–water partition coefficient (Wildman–Crippen LogP) is 8.69. The van der Waals surface area contributed by atoms with Gasteiger partial charge in [0.1, 0.15) is 6.10 Å². The number of aromatic nitrogens is 2. The number of halogens is 3. The molecule has 3 aliphatic heterocycles. The lowest BCUT2D eigenvalue weighted by atomic mass is 9.58. The summed E-state index contributed by atoms with van der Waals surface area (Å²) in [7, 11) is -2.19. The molecule has 5 heterocycles. The first-order chi connectivity index (χ1) is 21.2. The summed E-state index contributed by atoms with van der Waals surface area (Å²) >= 11 is 0. The number of ether oxygens (including phenoxy) is 3. The van der Waals surface area contributed by atoms with Gasteiger partial charge in [0.25, 0.3) is 0 Å². The van der Waals surface area contributed by atoms with Crippen molar-refractivity contribution in [2.24, 2.45) is 5.41 Å². The highest BCUT2D eigenvalue weighted by Crippen LogP contribution is 2.62. The van der Waals surface area contributed by atoms with Crippen LogP contribution in [0.3, 0.4) is 0 Å². The first-order valence-electron chi connectivity index (χ1n) is 16.8. The molecule has 2 saturated heterocycles. The van der Waals surface area contributed by atoms with Crippen molar-refractivity contribution in [3.05, 3.63) is 57.7 Å². The summed E-state index contributed by atoms with van der Waals surface area (Å²) in [6.07, 6.45) is 4.42. The number of hydrogen-bond donors (Lipinski definition) is 0. The average Bonchev–Trinajstić information content (AvgIpc) is 3.29. The van der Waals surface area contributed by atoms with Gasteiger partial charge in [-0.15, -0.1) is 0 Å². The Bertz CT molecular complexity index is 1420. The van der Waals surface area contributed by atoms with Crippen molar-refractivity contribution in [2.45, 2.75) is 127 Å². The fraction of sp³-hybridized carbons (Fsp3) is 0.714. The molecule has 0 radical (unpaired) electrons. The van der Waals surface area contributed by atoms with Crippen LogP contribution in [0.15, 0.2) is 18.3 Å². The molecule has 2 spiro atoms. The maximum Gasteiger partial charge on any atom is 0.417 e. The van der Waals surface area contributed by atoms with Crippen LogP contribution in [0, 0.1) is 5.41 Å². The van der Waals surface area contributed by atoms with Gasteiger partial charge in [0, 0.05) is 68.2 Å². The summed E-state index contributed by atoms with van der Waals surface area (Å²) in [6, 6.07) is 2.62. The van der Waals surface area contributed by atoms with Crippen molar-refractivity contribution < 1.29 is 31.8 Å². The molecule has 0 amide bonds. The Labute approximate surface area is 265 Å². The molecule has 7 rings (SSSR count). The van der Waals surface area contributed by atoms with Crippen LogP contribution in [0.25, 0.3) is 0 Å². The van der Waals surface area contributed by atoms with Gasteiger partial charge in [0.05, 0.1) is 28.7 Å². The van der Waals surface area contributed by atoms with Crippen LogP contribution in [0.5, 0.6) is 0 Å². The van der Waals surface area contributed by atoms with Crippen molar-refractivity contribution in [2.75, 3.05) is 26.4 Å². The lowest BCUT2D eigenvalue weighted by molar-refractivity contribution is -0.138. The molecule has 0 N–H and O–H groups in total. The highest BCUT2D eigenvalue weighted by atomic mass is 28.4. The highest BCUT2D eigenvalue weighted by molar-refractivity contribution is 6.74. The minimum absolute atomic E-state index is 0.0373. The summed E-state index contributed by atoms with van der Waals surface area (Å²) in [5, 5.41) is 0.0373. The standard InChI is InChI=1S/C35H47F3N2O4Si/c1-32(2,3)45(4,5)44-26-20-33(11-6-12-33)19-25-27(26)29-28(30(40-25)22-9-15-41-16-10-22)31(43-34(29)13-17-42-18-14-34)24-8-7-23(21-39-24)35(36,37)38/h7-8,21-22,26,31H,6,9-20H2,1-5H3. The predicted molar refractivity (Wildman–Crippen MR) is 167 cm³/mol. The Morgan fingerprint density at radius 1 is 0.933 bits per heavy atom. The summed E-state index contributed by atoms with van der Waals surface area (Å²) in [6.45, 7) is 14.0. The number of alkyl halides is 3. The molecule has 10 heteroatoms. The molecule has 5 aliphatic rings. The molecule has 2 aliphatic carbocycles. The second-order valence-electron chi connectivity index (χ2n) is 15.7. The van der Waals surface area contributed by atoms with Crippen LogP contribution in [0.4, 0.5) is 13.2 Å². The third kappa shape index (κ3) is 5.50. The molecular weight excluding hydrogens is 597 g/mol. The minimum atomic E-state index is -4.46. The van der Waals surface area contributed by atoms with E-state index in [0.29, 0.717) is 45.0 Å². The fourth-order valence-corrected chi connectivity index (χ4v) is 9.43. The van der Waals surface area contributed by atoms with Gasteiger partial charge in [0.15, 0.2) is 8.32 Å². The van der Waals surface area contributed by atoms with Crippen LogP contribution < -0.4 is 0 Å². The van der Waals surface area contributed by atoms with Crippen molar-refractivity contribution in [3.63, 3.8) is 0 Å². The van der Waals surface area contributed by atoms with E-state index in [-0.39, 0.29) is 22.5 Å². The lowest BCUT2D eigenvalue weighted by Gasteiger charge is -2.51. The third-order valence-corrected chi connectivity index (χ3v) is 16.4. The van der Waals surface area contributed by atoms with Gasteiger partial charge >= 0.3 is 6.18 Å². The van der Waals surface area contributed by atoms with Gasteiger partial charge < -0.3 is 18.6 Å². The van der Waals surface area contributed by atoms with Crippen molar-refractivity contribution in [1.29, 1.82) is 0 Å². The van der Waals surface area contributed by atoms with Gasteiger partial charge in [-0.05, 0) is 79.8 Å². The summed E-state index contributed by atoms with van der Waals surface area (Å²) in [5.41, 5.74) is 4.90. The van der Waals surface area contributed by atoms with Crippen LogP contribution in [-0.2, 0) is 36.8 Å². The molecule has 2 atom stereocenters. The summed E-state index contributed by atoms with van der Waals surface area (Å²) < 4.78 is 66.9. The molecule has 2 aromatic heterocycles. The van der Waals surface area contributed by atoms with E-state index in [2.05, 4.69) is 38.8 Å². The van der Waals surface area contributed by atoms with Crippen molar-refractivity contribution in [1.82, 2.24) is 9.97 Å². The second kappa shape index (κ2) is 11.1. The molecule has 0 bridgehead atoms. The van der Waals surface area contributed by atoms with Gasteiger partial charge in [-0.1, -0.05) is 27.2 Å². The summed E-state index contributed by atoms with van der Waals surface area (Å²) in [4.78, 5) is 10.0. The van der Waals surface area contributed by atoms with Crippen LogP contribution >= 0.6 is 0 Å². The van der Waals surface area contributed by atoms with E-state index in [1.807, 2.05) is 0 Å². The maximum atomic E-state index is 13.6. The van der Waals surface area contributed by atoms with E-state index in [1.54, 1.807) is 0 Å². The molecule has 0 aromatic carbocycles. The SMILES string of the molecule is CC(C)(C)[Si](C)(C)OC1CC2(CCC2)Cc2nc(C3CCOCC3)c3c(c21)C1(CCOCC1)OC3c1ccc(C(F)(F)F)cn1. The Balaban J connectivity index is 1.46. The Morgan fingerprint density at radius 3 is 2.20 bits per heavy atom. The van der Waals surface area contributed by atoms with E-state index in [4.69, 9.17) is 23.6 Å². The number of fused-ring (bicyclic) bond motifs is 4. The zero-order valence-electron chi connectivity index (χ0n) is 27.3. The molecule has 45 heavy (non-hydrogen) atoms. The van der Waals surface area contributed by atoms with Gasteiger partial charge in [-0.25, -0.2) is 0 Å². The first-order valence-corrected chi connectivity index (χ1v) is 19.7. The smallest absolute Gasteiger partial charge is 0.410 e. The fourth-order valence-electron chi connectivity index (χ4n) is 8.17. The molecular formula is C35H47F3N2O4Si. The Hall–Kier alpha value is -1.85. The topological polar surface area (TPSA) is 62.7 Å². The zero-order chi connectivity index (χ0) is 31.8. The maximum absolute atomic E-state index is 13.6. The number of nitrogens with zero attached hydrogens (tertiary/aromatic N) is 2. The van der Waals surface area contributed by atoms with Crippen LogP contribution in [0.1, 0.15) is 130 Å². The third-order valence-electron chi connectivity index (χ3n) is 11.9. The molecule has 2 unspecified atom stereocenters. The van der Waals surface area contributed by atoms with E-state index >= 15 is 0 Å². The molecule has 6 nitrogen and oxygen atoms in total. The number of hydrogen-bond acceptors (Lipinski definition) is 6. The highest BCUT2D eigenvalue weighted by Gasteiger charge is 2.56. The molecule has 3 fully saturated rings. The van der Waals surface area contributed by atoms with E-state index in [1.165, 1.54) is 36.5 Å². The molecule has 1 saturated carbocycles. The monoisotopic (exact) mass is 644 g/mol. The van der Waals surface area contributed by atoms with Gasteiger partial charge in [0.2, 0.25) is 0 Å². The van der Waals surface area contributed by atoms with E-state index in [0.717, 1.165) is 54.9 Å². The van der Waals surface area contributed by atoms with Crippen LogP contribution in [-0.4, -0.2) is 44.7 Å². The Morgan fingerprint density at radius 2 is 1.62 bits per heavy atom. The quantitative estimate of drug-likeness (QED) is 0.311. The van der Waals surface area contributed by atoms with Gasteiger partial charge in [-0.2, -0.15) is 13.2 Å². The second-order valence-corrected chi connectivity index (χ2v) is 20.5. The van der Waals surface area contributed by atoms with Gasteiger partial charge in [-0.3, -0.25) is 9.97 Å². The van der Waals surface area contributed by atoms with Crippen LogP contribution in [0.2, 0.25) is 18.1 Å². The summed E-state index contributed by atoms with van der Waals surface area (Å²) in [5.74, 6) is 0.187. The lowest BCUT2D eigenvalue weighted by Crippen LogP contribution is -2.47. The first kappa shape index (κ1) is 31.7. The van der Waals surface area contributed by atoms with E-state index in [9.17, 15) is 13.2 Å². The number of rotatable bonds is 4. The molecule has 246 valence electrons. The largest absolute Gasteiger partial charge is 0.417 e. The van der Waals surface area contributed by atoms with Crippen molar-refractivity contribution in [3.8, 4) is 0 Å². The molecule has 2 aromatic rings.